The Bertz CT molecular complexity index is 237. The van der Waals surface area contributed by atoms with Crippen LogP contribution in [0.3, 0.4) is 0 Å². The quantitative estimate of drug-likeness (QED) is 0.719. The molecule has 0 atom stereocenters. The van der Waals surface area contributed by atoms with Crippen molar-refractivity contribution in [3.63, 3.8) is 0 Å². The van der Waals surface area contributed by atoms with Crippen LogP contribution in [0.5, 0.6) is 0 Å². The first-order valence-electron chi connectivity index (χ1n) is 7.27. The van der Waals surface area contributed by atoms with Crippen molar-refractivity contribution < 1.29 is 4.79 Å². The summed E-state index contributed by atoms with van der Waals surface area (Å²) in [4.78, 5) is 13.9. The molecule has 0 unspecified atom stereocenters. The number of nitrogens with one attached hydrogen (secondary N) is 2. The summed E-state index contributed by atoms with van der Waals surface area (Å²) in [5.74, 6) is 0.959. The molecule has 0 aliphatic carbocycles. The van der Waals surface area contributed by atoms with Gasteiger partial charge in [-0.1, -0.05) is 0 Å². The van der Waals surface area contributed by atoms with Gasteiger partial charge in [0.05, 0.1) is 0 Å². The lowest BCUT2D eigenvalue weighted by Gasteiger charge is -2.23. The molecule has 1 heterocycles. The van der Waals surface area contributed by atoms with Gasteiger partial charge in [0.2, 0.25) is 5.91 Å². The highest BCUT2D eigenvalue weighted by molar-refractivity contribution is 5.75. The summed E-state index contributed by atoms with van der Waals surface area (Å²) in [6, 6.07) is 0.539. The zero-order chi connectivity index (χ0) is 13.4. The van der Waals surface area contributed by atoms with E-state index in [1.54, 1.807) is 0 Å². The van der Waals surface area contributed by atoms with Crippen molar-refractivity contribution in [3.8, 4) is 0 Å². The maximum absolute atomic E-state index is 11.7. The predicted octanol–water partition coefficient (Wildman–Crippen LogP) is 1.22. The third kappa shape index (κ3) is 6.36. The summed E-state index contributed by atoms with van der Waals surface area (Å²) in [6.07, 6.45) is 4.19. The minimum atomic E-state index is 0.214. The van der Waals surface area contributed by atoms with Crippen LogP contribution in [0.1, 0.15) is 39.5 Å². The Labute approximate surface area is 111 Å². The number of piperidine rings is 1. The number of amides is 1. The second-order valence-electron chi connectivity index (χ2n) is 5.66. The number of likely N-dealkylation sites (N-methyl/N-ethyl adjacent to an activating group) is 1. The van der Waals surface area contributed by atoms with Crippen molar-refractivity contribution in [2.24, 2.45) is 5.92 Å². The van der Waals surface area contributed by atoms with E-state index in [9.17, 15) is 4.79 Å². The molecular formula is C14H29N3O. The molecule has 0 radical (unpaired) electrons. The first-order chi connectivity index (χ1) is 8.59. The summed E-state index contributed by atoms with van der Waals surface area (Å²) in [6.45, 7) is 8.26. The van der Waals surface area contributed by atoms with E-state index in [4.69, 9.17) is 0 Å². The molecule has 18 heavy (non-hydrogen) atoms. The van der Waals surface area contributed by atoms with E-state index in [2.05, 4.69) is 36.4 Å². The average molecular weight is 255 g/mol. The monoisotopic (exact) mass is 255 g/mol. The van der Waals surface area contributed by atoms with E-state index in [0.29, 0.717) is 12.5 Å². The topological polar surface area (TPSA) is 44.4 Å². The zero-order valence-corrected chi connectivity index (χ0v) is 12.2. The van der Waals surface area contributed by atoms with Gasteiger partial charge in [0, 0.05) is 25.6 Å². The Morgan fingerprint density at radius 2 is 2.06 bits per heavy atom. The lowest BCUT2D eigenvalue weighted by molar-refractivity contribution is -0.121. The first-order valence-corrected chi connectivity index (χ1v) is 7.27. The molecule has 1 aliphatic heterocycles. The predicted molar refractivity (Wildman–Crippen MR) is 75.6 cm³/mol. The van der Waals surface area contributed by atoms with Crippen LogP contribution in [0, 0.1) is 5.92 Å². The Morgan fingerprint density at radius 3 is 2.67 bits per heavy atom. The molecule has 106 valence electrons. The summed E-state index contributed by atoms with van der Waals surface area (Å²) in [7, 11) is 2.09. The second-order valence-corrected chi connectivity index (χ2v) is 5.66. The molecule has 0 saturated carbocycles. The largest absolute Gasteiger partial charge is 0.355 e. The third-order valence-electron chi connectivity index (χ3n) is 3.91. The molecule has 1 fully saturated rings. The molecule has 0 bridgehead atoms. The molecular weight excluding hydrogens is 226 g/mol. The molecule has 1 aliphatic rings. The first kappa shape index (κ1) is 15.4. The van der Waals surface area contributed by atoms with Crippen LogP contribution in [0.2, 0.25) is 0 Å². The van der Waals surface area contributed by atoms with Crippen molar-refractivity contribution in [3.05, 3.63) is 0 Å². The number of rotatable bonds is 7. The molecule has 2 N–H and O–H groups in total. The highest BCUT2D eigenvalue weighted by Gasteiger charge is 2.14. The summed E-state index contributed by atoms with van der Waals surface area (Å²) < 4.78 is 0. The SMILES string of the molecule is CC(C)N(C)CCNC(=O)CCC1CCNCC1. The normalized spacial score (nSPS) is 17.4. The van der Waals surface area contributed by atoms with E-state index >= 15 is 0 Å². The number of carbonyl (C=O) groups is 1. The van der Waals surface area contributed by atoms with Crippen LogP contribution in [0.25, 0.3) is 0 Å². The number of hydrogen-bond donors (Lipinski definition) is 2. The highest BCUT2D eigenvalue weighted by atomic mass is 16.1. The molecule has 0 spiro atoms. The fourth-order valence-electron chi connectivity index (χ4n) is 2.22. The van der Waals surface area contributed by atoms with E-state index in [1.165, 1.54) is 12.8 Å². The van der Waals surface area contributed by atoms with E-state index in [0.717, 1.165) is 38.5 Å². The molecule has 1 rings (SSSR count). The van der Waals surface area contributed by atoms with Crippen LogP contribution in [0.4, 0.5) is 0 Å². The minimum absolute atomic E-state index is 0.214. The van der Waals surface area contributed by atoms with Gasteiger partial charge >= 0.3 is 0 Å². The van der Waals surface area contributed by atoms with Gasteiger partial charge in [0.1, 0.15) is 0 Å². The molecule has 0 aromatic heterocycles. The Kier molecular flexibility index (Phi) is 7.28. The number of hydrogen-bond acceptors (Lipinski definition) is 3. The fraction of sp³-hybridized carbons (Fsp3) is 0.929. The van der Waals surface area contributed by atoms with Crippen molar-refractivity contribution in [2.75, 3.05) is 33.2 Å². The summed E-state index contributed by atoms with van der Waals surface area (Å²) >= 11 is 0. The fourth-order valence-corrected chi connectivity index (χ4v) is 2.22. The minimum Gasteiger partial charge on any atom is -0.355 e. The average Bonchev–Trinajstić information content (AvgIpc) is 2.37. The summed E-state index contributed by atoms with van der Waals surface area (Å²) in [5, 5.41) is 6.37. The molecule has 1 amide bonds. The maximum atomic E-state index is 11.7. The van der Waals surface area contributed by atoms with Gasteiger partial charge in [-0.15, -0.1) is 0 Å². The Balaban J connectivity index is 2.03. The number of nitrogens with zero attached hydrogens (tertiary/aromatic N) is 1. The maximum Gasteiger partial charge on any atom is 0.220 e. The second kappa shape index (κ2) is 8.48. The van der Waals surface area contributed by atoms with Crippen LogP contribution >= 0.6 is 0 Å². The van der Waals surface area contributed by atoms with Crippen molar-refractivity contribution >= 4 is 5.91 Å². The van der Waals surface area contributed by atoms with Gasteiger partial charge in [0.25, 0.3) is 0 Å². The van der Waals surface area contributed by atoms with E-state index in [1.807, 2.05) is 0 Å². The molecule has 4 heteroatoms. The number of carbonyl (C=O) groups excluding carboxylic acids is 1. The van der Waals surface area contributed by atoms with Gasteiger partial charge < -0.3 is 15.5 Å². The van der Waals surface area contributed by atoms with Gasteiger partial charge in [-0.3, -0.25) is 4.79 Å². The van der Waals surface area contributed by atoms with Gasteiger partial charge in [-0.05, 0) is 59.2 Å². The lowest BCUT2D eigenvalue weighted by atomic mass is 9.93. The van der Waals surface area contributed by atoms with Crippen molar-refractivity contribution in [1.29, 1.82) is 0 Å². The molecule has 4 nitrogen and oxygen atoms in total. The van der Waals surface area contributed by atoms with Crippen LogP contribution in [-0.2, 0) is 4.79 Å². The standard InChI is InChI=1S/C14H29N3O/c1-12(2)17(3)11-10-16-14(18)5-4-13-6-8-15-9-7-13/h12-13,15H,4-11H2,1-3H3,(H,16,18). The highest BCUT2D eigenvalue weighted by Crippen LogP contribution is 2.17. The van der Waals surface area contributed by atoms with E-state index in [-0.39, 0.29) is 5.91 Å². The van der Waals surface area contributed by atoms with Crippen LogP contribution in [0.15, 0.2) is 0 Å². The van der Waals surface area contributed by atoms with Gasteiger partial charge in [-0.25, -0.2) is 0 Å². The molecule has 1 saturated heterocycles. The van der Waals surface area contributed by atoms with Gasteiger partial charge in [0.15, 0.2) is 0 Å². The summed E-state index contributed by atoms with van der Waals surface area (Å²) in [5.41, 5.74) is 0. The molecule has 0 aromatic rings. The van der Waals surface area contributed by atoms with Crippen LogP contribution in [-0.4, -0.2) is 50.1 Å². The van der Waals surface area contributed by atoms with Gasteiger partial charge in [-0.2, -0.15) is 0 Å². The smallest absolute Gasteiger partial charge is 0.220 e. The van der Waals surface area contributed by atoms with E-state index < -0.39 is 0 Å². The molecule has 0 aromatic carbocycles. The van der Waals surface area contributed by atoms with Crippen molar-refractivity contribution in [2.45, 2.75) is 45.6 Å². The lowest BCUT2D eigenvalue weighted by Crippen LogP contribution is -2.36. The zero-order valence-electron chi connectivity index (χ0n) is 12.2. The van der Waals surface area contributed by atoms with Crippen LogP contribution < -0.4 is 10.6 Å². The Morgan fingerprint density at radius 1 is 1.39 bits per heavy atom. The van der Waals surface area contributed by atoms with Crippen molar-refractivity contribution in [1.82, 2.24) is 15.5 Å². The Hall–Kier alpha value is -0.610. The third-order valence-corrected chi connectivity index (χ3v) is 3.91.